The molecule has 0 aromatic heterocycles. The van der Waals surface area contributed by atoms with E-state index in [-0.39, 0.29) is 0 Å². The van der Waals surface area contributed by atoms with Crippen LogP contribution in [0.2, 0.25) is 0 Å². The molecule has 0 saturated heterocycles. The normalized spacial score (nSPS) is 10.2. The first kappa shape index (κ1) is 9.32. The van der Waals surface area contributed by atoms with Crippen LogP contribution >= 0.6 is 0 Å². The molecule has 0 aliphatic rings. The summed E-state index contributed by atoms with van der Waals surface area (Å²) in [4.78, 5) is 9.98. The predicted molar refractivity (Wildman–Crippen MR) is 49.3 cm³/mol. The van der Waals surface area contributed by atoms with Gasteiger partial charge in [0.15, 0.2) is 0 Å². The topological polar surface area (TPSA) is 46.5 Å². The van der Waals surface area contributed by atoms with Crippen molar-refractivity contribution in [2.75, 3.05) is 0 Å². The fourth-order valence-corrected chi connectivity index (χ4v) is 0.945. The summed E-state index contributed by atoms with van der Waals surface area (Å²) in [5.41, 5.74) is 2.04. The van der Waals surface area contributed by atoms with Gasteiger partial charge < -0.3 is 9.84 Å². The van der Waals surface area contributed by atoms with Crippen molar-refractivity contribution in [2.24, 2.45) is 0 Å². The number of aryl methyl sites for hydroxylation is 1. The van der Waals surface area contributed by atoms with Crippen LogP contribution in [0, 0.1) is 6.92 Å². The highest BCUT2D eigenvalue weighted by Crippen LogP contribution is 2.05. The second kappa shape index (κ2) is 4.30. The Morgan fingerprint density at radius 1 is 1.54 bits per heavy atom. The first-order valence-corrected chi connectivity index (χ1v) is 3.81. The molecule has 0 bridgehead atoms. The minimum atomic E-state index is -1.30. The van der Waals surface area contributed by atoms with Gasteiger partial charge in [-0.2, -0.15) is 0 Å². The van der Waals surface area contributed by atoms with Crippen molar-refractivity contribution in [3.63, 3.8) is 0 Å². The Labute approximate surface area is 76.3 Å². The lowest BCUT2D eigenvalue weighted by Crippen LogP contribution is -1.91. The minimum Gasteiger partial charge on any atom is -0.449 e. The van der Waals surface area contributed by atoms with Crippen LogP contribution in [0.15, 0.2) is 30.5 Å². The van der Waals surface area contributed by atoms with Crippen LogP contribution in [-0.4, -0.2) is 11.3 Å². The van der Waals surface area contributed by atoms with E-state index in [1.54, 1.807) is 6.08 Å². The van der Waals surface area contributed by atoms with Crippen molar-refractivity contribution in [3.05, 3.63) is 41.7 Å². The Morgan fingerprint density at radius 2 is 2.31 bits per heavy atom. The minimum absolute atomic E-state index is 0.918. The summed E-state index contributed by atoms with van der Waals surface area (Å²) in [6.45, 7) is 1.97. The molecule has 1 N–H and O–H groups in total. The maximum Gasteiger partial charge on any atom is 0.510 e. The first-order chi connectivity index (χ1) is 6.18. The molecule has 3 heteroatoms. The highest BCUT2D eigenvalue weighted by Gasteiger charge is 1.90. The Bertz CT molecular complexity index is 329. The van der Waals surface area contributed by atoms with Crippen LogP contribution in [0.3, 0.4) is 0 Å². The van der Waals surface area contributed by atoms with Gasteiger partial charge in [0, 0.05) is 0 Å². The summed E-state index contributed by atoms with van der Waals surface area (Å²) >= 11 is 0. The molecular formula is C10H10O3. The van der Waals surface area contributed by atoms with E-state index in [1.165, 1.54) is 0 Å². The van der Waals surface area contributed by atoms with Gasteiger partial charge in [-0.15, -0.1) is 0 Å². The van der Waals surface area contributed by atoms with Crippen LogP contribution in [0.4, 0.5) is 4.79 Å². The summed E-state index contributed by atoms with van der Waals surface area (Å²) in [5.74, 6) is 0. The van der Waals surface area contributed by atoms with E-state index in [2.05, 4.69) is 4.74 Å². The van der Waals surface area contributed by atoms with Gasteiger partial charge in [-0.3, -0.25) is 0 Å². The lowest BCUT2D eigenvalue weighted by atomic mass is 10.1. The third-order valence-corrected chi connectivity index (χ3v) is 1.47. The van der Waals surface area contributed by atoms with Crippen molar-refractivity contribution < 1.29 is 14.6 Å². The van der Waals surface area contributed by atoms with Crippen LogP contribution < -0.4 is 0 Å². The van der Waals surface area contributed by atoms with Crippen molar-refractivity contribution in [2.45, 2.75) is 6.92 Å². The summed E-state index contributed by atoms with van der Waals surface area (Å²) in [6.07, 6.45) is 1.45. The molecule has 0 unspecified atom stereocenters. The van der Waals surface area contributed by atoms with Gasteiger partial charge >= 0.3 is 6.16 Å². The van der Waals surface area contributed by atoms with E-state index in [0.717, 1.165) is 17.4 Å². The second-order valence-electron chi connectivity index (χ2n) is 2.60. The molecule has 3 nitrogen and oxygen atoms in total. The molecular weight excluding hydrogens is 168 g/mol. The van der Waals surface area contributed by atoms with E-state index in [9.17, 15) is 4.79 Å². The zero-order valence-electron chi connectivity index (χ0n) is 7.23. The fraction of sp³-hybridized carbons (Fsp3) is 0.100. The zero-order valence-corrected chi connectivity index (χ0v) is 7.23. The Balaban J connectivity index is 2.63. The highest BCUT2D eigenvalue weighted by atomic mass is 16.7. The third-order valence-electron chi connectivity index (χ3n) is 1.47. The molecule has 0 radical (unpaired) electrons. The largest absolute Gasteiger partial charge is 0.510 e. The third kappa shape index (κ3) is 3.42. The number of hydrogen-bond donors (Lipinski definition) is 1. The average molecular weight is 178 g/mol. The predicted octanol–water partition coefficient (Wildman–Crippen LogP) is 2.66. The molecule has 0 atom stereocenters. The number of ether oxygens (including phenoxy) is 1. The molecule has 0 saturated carbocycles. The first-order valence-electron chi connectivity index (χ1n) is 3.81. The molecule has 0 amide bonds. The SMILES string of the molecule is Cc1cccc(C=COC(=O)O)c1. The van der Waals surface area contributed by atoms with Crippen molar-refractivity contribution >= 4 is 12.2 Å². The average Bonchev–Trinajstić information content (AvgIpc) is 2.03. The number of hydrogen-bond acceptors (Lipinski definition) is 2. The standard InChI is InChI=1S/C10H10O3/c1-8-3-2-4-9(7-8)5-6-13-10(11)12/h2-7H,1H3,(H,11,12). The number of carboxylic acid groups (broad SMARTS) is 1. The number of benzene rings is 1. The molecule has 0 spiro atoms. The summed E-state index contributed by atoms with van der Waals surface area (Å²) in [5, 5.41) is 8.17. The molecule has 1 rings (SSSR count). The zero-order chi connectivity index (χ0) is 9.68. The van der Waals surface area contributed by atoms with E-state index < -0.39 is 6.16 Å². The van der Waals surface area contributed by atoms with Crippen LogP contribution in [-0.2, 0) is 4.74 Å². The van der Waals surface area contributed by atoms with Crippen molar-refractivity contribution in [1.29, 1.82) is 0 Å². The molecule has 0 aliphatic carbocycles. The lowest BCUT2D eigenvalue weighted by molar-refractivity contribution is 0.128. The van der Waals surface area contributed by atoms with Crippen LogP contribution in [0.1, 0.15) is 11.1 Å². The Hall–Kier alpha value is -1.77. The smallest absolute Gasteiger partial charge is 0.449 e. The quantitative estimate of drug-likeness (QED) is 0.559. The molecule has 68 valence electrons. The van der Waals surface area contributed by atoms with E-state index in [0.29, 0.717) is 0 Å². The van der Waals surface area contributed by atoms with Crippen molar-refractivity contribution in [3.8, 4) is 0 Å². The van der Waals surface area contributed by atoms with Gasteiger partial charge in [-0.1, -0.05) is 29.8 Å². The molecule has 0 fully saturated rings. The van der Waals surface area contributed by atoms with Gasteiger partial charge in [-0.05, 0) is 18.6 Å². The van der Waals surface area contributed by atoms with Gasteiger partial charge in [0.05, 0.1) is 6.26 Å². The molecule has 0 aliphatic heterocycles. The van der Waals surface area contributed by atoms with Crippen LogP contribution in [0.25, 0.3) is 6.08 Å². The molecule has 13 heavy (non-hydrogen) atoms. The lowest BCUT2D eigenvalue weighted by Gasteiger charge is -1.94. The maximum absolute atomic E-state index is 9.98. The van der Waals surface area contributed by atoms with E-state index in [4.69, 9.17) is 5.11 Å². The summed E-state index contributed by atoms with van der Waals surface area (Å²) in [6, 6.07) is 7.67. The summed E-state index contributed by atoms with van der Waals surface area (Å²) in [7, 11) is 0. The van der Waals surface area contributed by atoms with Gasteiger partial charge in [0.1, 0.15) is 0 Å². The van der Waals surface area contributed by atoms with Gasteiger partial charge in [0.2, 0.25) is 0 Å². The van der Waals surface area contributed by atoms with E-state index in [1.807, 2.05) is 31.2 Å². The second-order valence-corrected chi connectivity index (χ2v) is 2.60. The molecule has 0 heterocycles. The summed E-state index contributed by atoms with van der Waals surface area (Å²) < 4.78 is 4.22. The van der Waals surface area contributed by atoms with E-state index >= 15 is 0 Å². The van der Waals surface area contributed by atoms with Crippen molar-refractivity contribution in [1.82, 2.24) is 0 Å². The van der Waals surface area contributed by atoms with Gasteiger partial charge in [-0.25, -0.2) is 4.79 Å². The Morgan fingerprint density at radius 3 is 2.92 bits per heavy atom. The maximum atomic E-state index is 9.98. The van der Waals surface area contributed by atoms with Crippen LogP contribution in [0.5, 0.6) is 0 Å². The molecule has 1 aromatic rings. The monoisotopic (exact) mass is 178 g/mol. The molecule has 1 aromatic carbocycles. The highest BCUT2D eigenvalue weighted by molar-refractivity contribution is 5.59. The number of rotatable bonds is 2. The van der Waals surface area contributed by atoms with Gasteiger partial charge in [0.25, 0.3) is 0 Å². The fourth-order valence-electron chi connectivity index (χ4n) is 0.945. The Kier molecular flexibility index (Phi) is 3.09. The number of carbonyl (C=O) groups is 1.